The molecule has 0 aliphatic heterocycles. The van der Waals surface area contributed by atoms with Crippen LogP contribution in [-0.2, 0) is 0 Å². The molecule has 2 heteroatoms. The van der Waals surface area contributed by atoms with Crippen molar-refractivity contribution in [2.24, 2.45) is 5.41 Å². The summed E-state index contributed by atoms with van der Waals surface area (Å²) in [6.07, 6.45) is 2.87. The lowest BCUT2D eigenvalue weighted by Crippen LogP contribution is -2.25. The van der Waals surface area contributed by atoms with E-state index < -0.39 is 8.07 Å². The van der Waals surface area contributed by atoms with Gasteiger partial charge in [0.05, 0.1) is 5.76 Å². The summed E-state index contributed by atoms with van der Waals surface area (Å²) in [5.74, 6) is 0.884. The Balaban J connectivity index is 2.90. The quantitative estimate of drug-likeness (QED) is 0.542. The molecule has 0 aliphatic rings. The molecule has 0 aromatic heterocycles. The van der Waals surface area contributed by atoms with Gasteiger partial charge in [0.15, 0.2) is 0 Å². The van der Waals surface area contributed by atoms with Gasteiger partial charge in [0.2, 0.25) is 0 Å². The minimum absolute atomic E-state index is 0.166. The Kier molecular flexibility index (Phi) is 5.64. The number of allylic oxidation sites excluding steroid dienone is 2. The minimum atomic E-state index is -1.26. The van der Waals surface area contributed by atoms with Gasteiger partial charge in [0.25, 0.3) is 0 Å². The molecule has 1 radical (unpaired) electrons. The van der Waals surface area contributed by atoms with Crippen molar-refractivity contribution in [3.8, 4) is 0 Å². The monoisotopic (exact) mass is 289 g/mol. The van der Waals surface area contributed by atoms with E-state index in [1.165, 1.54) is 5.56 Å². The van der Waals surface area contributed by atoms with E-state index in [0.29, 0.717) is 11.7 Å². The van der Waals surface area contributed by atoms with Crippen LogP contribution in [0.4, 0.5) is 0 Å². The molecule has 1 unspecified atom stereocenters. The van der Waals surface area contributed by atoms with E-state index in [-0.39, 0.29) is 5.41 Å². The third kappa shape index (κ3) is 5.95. The smallest absolute Gasteiger partial charge is 0.0936 e. The van der Waals surface area contributed by atoms with Crippen LogP contribution in [0.5, 0.6) is 0 Å². The summed E-state index contributed by atoms with van der Waals surface area (Å²) in [5, 5.41) is 10.1. The van der Waals surface area contributed by atoms with Crippen LogP contribution in [0.3, 0.4) is 0 Å². The van der Waals surface area contributed by atoms with Crippen LogP contribution in [0, 0.1) is 11.5 Å². The molecule has 0 bridgehead atoms. The first-order chi connectivity index (χ1) is 9.09. The van der Waals surface area contributed by atoms with Gasteiger partial charge in [-0.3, -0.25) is 0 Å². The summed E-state index contributed by atoms with van der Waals surface area (Å²) < 4.78 is 0. The molecule has 1 nitrogen and oxygen atoms in total. The largest absolute Gasteiger partial charge is 0.512 e. The summed E-state index contributed by atoms with van der Waals surface area (Å²) in [7, 11) is -1.26. The predicted octanol–water partition coefficient (Wildman–Crippen LogP) is 5.73. The molecule has 0 saturated carbocycles. The van der Waals surface area contributed by atoms with E-state index in [2.05, 4.69) is 56.0 Å². The molecule has 1 atom stereocenters. The van der Waals surface area contributed by atoms with Crippen LogP contribution in [-0.4, -0.2) is 13.2 Å². The van der Waals surface area contributed by atoms with Crippen LogP contribution in [0.25, 0.3) is 0 Å². The highest BCUT2D eigenvalue weighted by molar-refractivity contribution is 6.79. The number of hydrogen-bond acceptors (Lipinski definition) is 1. The molecule has 1 aromatic rings. The molecule has 20 heavy (non-hydrogen) atoms. The fourth-order valence-electron chi connectivity index (χ4n) is 2.15. The Morgan fingerprint density at radius 3 is 2.15 bits per heavy atom. The number of hydrogen-bond donors (Lipinski definition) is 1. The second-order valence-corrected chi connectivity index (χ2v) is 12.7. The van der Waals surface area contributed by atoms with E-state index in [0.717, 1.165) is 6.42 Å². The Bertz CT molecular complexity index is 435. The number of aliphatic hydroxyl groups is 1. The molecule has 1 aromatic carbocycles. The summed E-state index contributed by atoms with van der Waals surface area (Å²) in [5.41, 5.74) is 1.17. The maximum atomic E-state index is 10.1. The van der Waals surface area contributed by atoms with Gasteiger partial charge >= 0.3 is 0 Å². The average Bonchev–Trinajstić information content (AvgIpc) is 2.32. The van der Waals surface area contributed by atoms with E-state index in [4.69, 9.17) is 0 Å². The number of rotatable bonds is 5. The fraction of sp³-hybridized carbons (Fsp3) is 0.500. The Morgan fingerprint density at radius 2 is 1.70 bits per heavy atom. The highest BCUT2D eigenvalue weighted by Gasteiger charge is 2.22. The highest BCUT2D eigenvalue weighted by atomic mass is 28.3. The van der Waals surface area contributed by atoms with Crippen LogP contribution in [0.2, 0.25) is 19.6 Å². The van der Waals surface area contributed by atoms with Crippen molar-refractivity contribution in [1.82, 2.24) is 0 Å². The normalized spacial score (nSPS) is 15.2. The molecule has 0 spiro atoms. The summed E-state index contributed by atoms with van der Waals surface area (Å²) in [6.45, 7) is 13.2. The van der Waals surface area contributed by atoms with Crippen LogP contribution < -0.4 is 0 Å². The van der Waals surface area contributed by atoms with Gasteiger partial charge in [-0.1, -0.05) is 70.7 Å². The number of aliphatic hydroxyl groups excluding tert-OH is 1. The van der Waals surface area contributed by atoms with Gasteiger partial charge in [0, 0.05) is 13.5 Å². The van der Waals surface area contributed by atoms with Gasteiger partial charge in [-0.15, -0.1) is 0 Å². The Morgan fingerprint density at radius 1 is 1.15 bits per heavy atom. The first kappa shape index (κ1) is 17.0. The van der Waals surface area contributed by atoms with Gasteiger partial charge in [-0.2, -0.15) is 0 Å². The number of benzene rings is 1. The summed E-state index contributed by atoms with van der Waals surface area (Å²) in [4.78, 5) is 0. The van der Waals surface area contributed by atoms with Crippen molar-refractivity contribution in [3.63, 3.8) is 0 Å². The van der Waals surface area contributed by atoms with Crippen molar-refractivity contribution in [3.05, 3.63) is 53.8 Å². The lowest BCUT2D eigenvalue weighted by molar-refractivity contribution is 0.274. The van der Waals surface area contributed by atoms with Crippen LogP contribution in [0.15, 0.2) is 42.2 Å². The molecule has 0 saturated heterocycles. The van der Waals surface area contributed by atoms with E-state index in [1.807, 2.05) is 26.8 Å². The van der Waals surface area contributed by atoms with Crippen molar-refractivity contribution in [1.29, 1.82) is 0 Å². The molecule has 1 N–H and O–H groups in total. The molecule has 111 valence electrons. The van der Waals surface area contributed by atoms with Crippen molar-refractivity contribution in [2.75, 3.05) is 0 Å². The van der Waals surface area contributed by atoms with E-state index >= 15 is 0 Å². The first-order valence-corrected chi connectivity index (χ1v) is 11.0. The zero-order valence-corrected chi connectivity index (χ0v) is 14.8. The predicted molar refractivity (Wildman–Crippen MR) is 91.6 cm³/mol. The van der Waals surface area contributed by atoms with E-state index in [1.54, 1.807) is 0 Å². The zero-order chi connectivity index (χ0) is 15.4. The molecule has 0 heterocycles. The maximum absolute atomic E-state index is 10.1. The summed E-state index contributed by atoms with van der Waals surface area (Å²) >= 11 is 0. The van der Waals surface area contributed by atoms with Crippen molar-refractivity contribution >= 4 is 8.07 Å². The maximum Gasteiger partial charge on any atom is 0.0936 e. The minimum Gasteiger partial charge on any atom is -0.512 e. The van der Waals surface area contributed by atoms with Crippen molar-refractivity contribution in [2.45, 2.75) is 52.8 Å². The van der Waals surface area contributed by atoms with Gasteiger partial charge in [0.1, 0.15) is 0 Å². The molecule has 0 amide bonds. The van der Waals surface area contributed by atoms with Crippen LogP contribution >= 0.6 is 0 Å². The van der Waals surface area contributed by atoms with Gasteiger partial charge in [-0.05, 0) is 30.0 Å². The van der Waals surface area contributed by atoms with E-state index in [9.17, 15) is 5.11 Å². The fourth-order valence-corrected chi connectivity index (χ4v) is 3.68. The van der Waals surface area contributed by atoms with Gasteiger partial charge in [-0.25, -0.2) is 0 Å². The van der Waals surface area contributed by atoms with Gasteiger partial charge < -0.3 is 5.11 Å². The molecular formula is C18H29OSi. The van der Waals surface area contributed by atoms with Crippen molar-refractivity contribution < 1.29 is 5.11 Å². The average molecular weight is 290 g/mol. The third-order valence-corrected chi connectivity index (χ3v) is 4.66. The highest BCUT2D eigenvalue weighted by Crippen LogP contribution is 2.30. The lowest BCUT2D eigenvalue weighted by atomic mass is 9.90. The summed E-state index contributed by atoms with van der Waals surface area (Å²) in [6, 6.07) is 13.1. The third-order valence-electron chi connectivity index (χ3n) is 3.26. The standard InChI is InChI=1S/C18H29OSi/c1-18(2,3)17(19)13-12-16(14-20(4,5)6)15-10-8-7-9-11-15/h7-11,13-14,16,19H,12H2,1-6H3/b17-13-. The topological polar surface area (TPSA) is 20.2 Å². The SMILES string of the molecule is CC(C)(C)/C(O)=C/CC([CH][Si](C)(C)C)c1ccccc1. The molecule has 0 fully saturated rings. The first-order valence-electron chi connectivity index (χ1n) is 7.40. The zero-order valence-electron chi connectivity index (χ0n) is 13.8. The second kappa shape index (κ2) is 6.62. The Labute approximate surface area is 125 Å². The van der Waals surface area contributed by atoms with Crippen LogP contribution in [0.1, 0.15) is 38.7 Å². The second-order valence-electron chi connectivity index (χ2n) is 7.62. The lowest BCUT2D eigenvalue weighted by Gasteiger charge is -2.25. The molecule has 0 aliphatic carbocycles. The Hall–Kier alpha value is -1.02. The molecular weight excluding hydrogens is 260 g/mol. The molecule has 1 rings (SSSR count).